The number of hydrogen-bond acceptors (Lipinski definition) is 1. The lowest BCUT2D eigenvalue weighted by Crippen LogP contribution is -2.10. The van der Waals surface area contributed by atoms with Crippen LogP contribution >= 0.6 is 0 Å². The molecule has 0 saturated carbocycles. The van der Waals surface area contributed by atoms with E-state index in [0.29, 0.717) is 0 Å². The summed E-state index contributed by atoms with van der Waals surface area (Å²) in [6.07, 6.45) is 0. The molecule has 0 amide bonds. The zero-order valence-electron chi connectivity index (χ0n) is 13.7. The minimum absolute atomic E-state index is 1.16. The summed E-state index contributed by atoms with van der Waals surface area (Å²) in [6.45, 7) is 2.17. The molecule has 0 aliphatic carbocycles. The summed E-state index contributed by atoms with van der Waals surface area (Å²) >= 11 is 0. The van der Waals surface area contributed by atoms with Crippen molar-refractivity contribution in [3.8, 4) is 0 Å². The molecule has 24 heavy (non-hydrogen) atoms. The van der Waals surface area contributed by atoms with Crippen LogP contribution in [0.15, 0.2) is 97.1 Å². The van der Waals surface area contributed by atoms with Gasteiger partial charge in [0, 0.05) is 16.8 Å². The standard InChI is InChI=1S/C23H19N/c1-18-16-17-23(22-15-9-8-14-21(18)22)24(19-10-4-2-5-11-19)20-12-6-3-7-13-20/h2-17H,1H3. The Morgan fingerprint density at radius 1 is 0.500 bits per heavy atom. The molecule has 1 heteroatoms. The Kier molecular flexibility index (Phi) is 3.76. The van der Waals surface area contributed by atoms with Crippen molar-refractivity contribution in [2.75, 3.05) is 4.90 Å². The molecule has 0 fully saturated rings. The second-order valence-electron chi connectivity index (χ2n) is 5.95. The van der Waals surface area contributed by atoms with Crippen molar-refractivity contribution in [2.45, 2.75) is 6.92 Å². The normalized spacial score (nSPS) is 10.7. The van der Waals surface area contributed by atoms with Gasteiger partial charge >= 0.3 is 0 Å². The van der Waals surface area contributed by atoms with E-state index >= 15 is 0 Å². The van der Waals surface area contributed by atoms with Crippen LogP contribution in [0.25, 0.3) is 10.8 Å². The first-order valence-corrected chi connectivity index (χ1v) is 8.23. The second-order valence-corrected chi connectivity index (χ2v) is 5.95. The fourth-order valence-electron chi connectivity index (χ4n) is 3.21. The third kappa shape index (κ3) is 2.55. The zero-order chi connectivity index (χ0) is 16.4. The third-order valence-electron chi connectivity index (χ3n) is 4.39. The van der Waals surface area contributed by atoms with Crippen LogP contribution in [0.5, 0.6) is 0 Å². The van der Waals surface area contributed by atoms with E-state index < -0.39 is 0 Å². The molecule has 0 aliphatic heterocycles. The molecule has 0 heterocycles. The van der Waals surface area contributed by atoms with Crippen LogP contribution in [0.4, 0.5) is 17.1 Å². The Labute approximate surface area is 142 Å². The zero-order valence-corrected chi connectivity index (χ0v) is 13.7. The number of nitrogens with zero attached hydrogens (tertiary/aromatic N) is 1. The number of benzene rings is 4. The van der Waals surface area contributed by atoms with Crippen molar-refractivity contribution in [2.24, 2.45) is 0 Å². The summed E-state index contributed by atoms with van der Waals surface area (Å²) in [5, 5.41) is 2.57. The van der Waals surface area contributed by atoms with Crippen molar-refractivity contribution < 1.29 is 0 Å². The first kappa shape index (κ1) is 14.5. The molecular formula is C23H19N. The molecule has 0 unspecified atom stereocenters. The molecule has 0 bridgehead atoms. The molecule has 0 saturated heterocycles. The highest BCUT2D eigenvalue weighted by atomic mass is 15.1. The van der Waals surface area contributed by atoms with E-state index in [2.05, 4.69) is 109 Å². The lowest BCUT2D eigenvalue weighted by molar-refractivity contribution is 1.29. The SMILES string of the molecule is Cc1ccc(N(c2ccccc2)c2ccccc2)c2ccccc12. The van der Waals surface area contributed by atoms with Crippen molar-refractivity contribution in [3.05, 3.63) is 103 Å². The number of aryl methyl sites for hydroxylation is 1. The van der Waals surface area contributed by atoms with E-state index in [1.54, 1.807) is 0 Å². The van der Waals surface area contributed by atoms with E-state index in [9.17, 15) is 0 Å². The van der Waals surface area contributed by atoms with Gasteiger partial charge in [-0.3, -0.25) is 0 Å². The molecule has 0 aromatic heterocycles. The van der Waals surface area contributed by atoms with E-state index in [0.717, 1.165) is 11.4 Å². The Morgan fingerprint density at radius 3 is 1.58 bits per heavy atom. The maximum Gasteiger partial charge on any atom is 0.0540 e. The summed E-state index contributed by atoms with van der Waals surface area (Å²) in [5.41, 5.74) is 4.83. The predicted octanol–water partition coefficient (Wildman–Crippen LogP) is 6.62. The highest BCUT2D eigenvalue weighted by Gasteiger charge is 2.14. The van der Waals surface area contributed by atoms with Crippen LogP contribution in [-0.4, -0.2) is 0 Å². The smallest absolute Gasteiger partial charge is 0.0540 e. The van der Waals surface area contributed by atoms with E-state index in [4.69, 9.17) is 0 Å². The fraction of sp³-hybridized carbons (Fsp3) is 0.0435. The Morgan fingerprint density at radius 2 is 1.00 bits per heavy atom. The van der Waals surface area contributed by atoms with E-state index in [-0.39, 0.29) is 0 Å². The summed E-state index contributed by atoms with van der Waals surface area (Å²) < 4.78 is 0. The van der Waals surface area contributed by atoms with Gasteiger partial charge in [-0.1, -0.05) is 66.7 Å². The van der Waals surface area contributed by atoms with Gasteiger partial charge < -0.3 is 4.90 Å². The first-order chi connectivity index (χ1) is 11.8. The highest BCUT2D eigenvalue weighted by molar-refractivity contribution is 6.00. The van der Waals surface area contributed by atoms with Gasteiger partial charge in [-0.2, -0.15) is 0 Å². The molecule has 0 atom stereocenters. The van der Waals surface area contributed by atoms with Gasteiger partial charge in [0.15, 0.2) is 0 Å². The van der Waals surface area contributed by atoms with E-state index in [1.165, 1.54) is 22.0 Å². The van der Waals surface area contributed by atoms with Gasteiger partial charge in [0.05, 0.1) is 5.69 Å². The van der Waals surface area contributed by atoms with Crippen LogP contribution in [0.3, 0.4) is 0 Å². The minimum atomic E-state index is 1.16. The van der Waals surface area contributed by atoms with Crippen molar-refractivity contribution >= 4 is 27.8 Å². The quantitative estimate of drug-likeness (QED) is 0.411. The Balaban J connectivity index is 2.00. The van der Waals surface area contributed by atoms with Crippen molar-refractivity contribution in [1.82, 2.24) is 0 Å². The van der Waals surface area contributed by atoms with Crippen LogP contribution in [-0.2, 0) is 0 Å². The average Bonchev–Trinajstić information content (AvgIpc) is 2.66. The van der Waals surface area contributed by atoms with Gasteiger partial charge in [0.25, 0.3) is 0 Å². The highest BCUT2D eigenvalue weighted by Crippen LogP contribution is 2.39. The summed E-state index contributed by atoms with van der Waals surface area (Å²) in [4.78, 5) is 2.32. The van der Waals surface area contributed by atoms with Crippen molar-refractivity contribution in [1.29, 1.82) is 0 Å². The molecular weight excluding hydrogens is 290 g/mol. The number of rotatable bonds is 3. The number of hydrogen-bond donors (Lipinski definition) is 0. The Hall–Kier alpha value is -3.06. The van der Waals surface area contributed by atoms with Crippen LogP contribution in [0, 0.1) is 6.92 Å². The maximum absolute atomic E-state index is 2.32. The number of anilines is 3. The van der Waals surface area contributed by atoms with Gasteiger partial charge in [0.1, 0.15) is 0 Å². The van der Waals surface area contributed by atoms with Gasteiger partial charge in [-0.15, -0.1) is 0 Å². The largest absolute Gasteiger partial charge is 0.310 e. The molecule has 4 rings (SSSR count). The molecule has 0 N–H and O–H groups in total. The molecule has 4 aromatic rings. The fourth-order valence-corrected chi connectivity index (χ4v) is 3.21. The lowest BCUT2D eigenvalue weighted by Gasteiger charge is -2.27. The maximum atomic E-state index is 2.32. The first-order valence-electron chi connectivity index (χ1n) is 8.23. The molecule has 1 nitrogen and oxygen atoms in total. The molecule has 4 aromatic carbocycles. The summed E-state index contributed by atoms with van der Waals surface area (Å²) in [6, 6.07) is 34.1. The minimum Gasteiger partial charge on any atom is -0.310 e. The van der Waals surface area contributed by atoms with Gasteiger partial charge in [-0.05, 0) is 48.2 Å². The second kappa shape index (κ2) is 6.21. The topological polar surface area (TPSA) is 3.24 Å². The molecule has 116 valence electrons. The summed E-state index contributed by atoms with van der Waals surface area (Å²) in [5.74, 6) is 0. The molecule has 0 aliphatic rings. The number of fused-ring (bicyclic) bond motifs is 1. The molecule has 0 radical (unpaired) electrons. The Bertz CT molecular complexity index is 919. The summed E-state index contributed by atoms with van der Waals surface area (Å²) in [7, 11) is 0. The van der Waals surface area contributed by atoms with Crippen molar-refractivity contribution in [3.63, 3.8) is 0 Å². The van der Waals surface area contributed by atoms with Crippen LogP contribution in [0.2, 0.25) is 0 Å². The van der Waals surface area contributed by atoms with Crippen LogP contribution < -0.4 is 4.90 Å². The predicted molar refractivity (Wildman–Crippen MR) is 103 cm³/mol. The monoisotopic (exact) mass is 309 g/mol. The van der Waals surface area contributed by atoms with E-state index in [1.807, 2.05) is 0 Å². The van der Waals surface area contributed by atoms with Gasteiger partial charge in [0.2, 0.25) is 0 Å². The number of para-hydroxylation sites is 2. The lowest BCUT2D eigenvalue weighted by atomic mass is 10.0. The third-order valence-corrected chi connectivity index (χ3v) is 4.39. The average molecular weight is 309 g/mol. The molecule has 0 spiro atoms. The van der Waals surface area contributed by atoms with Gasteiger partial charge in [-0.25, -0.2) is 0 Å². The van der Waals surface area contributed by atoms with Crippen LogP contribution in [0.1, 0.15) is 5.56 Å².